The monoisotopic (exact) mass is 413 g/mol. The molecular weight excluding hydrogens is 390 g/mol. The minimum absolute atomic E-state index is 0. The van der Waals surface area contributed by atoms with E-state index in [1.165, 1.54) is 4.90 Å². The van der Waals surface area contributed by atoms with E-state index in [4.69, 9.17) is 0 Å². The number of halogens is 1. The van der Waals surface area contributed by atoms with Crippen LogP contribution in [0.1, 0.15) is 49.5 Å². The quantitative estimate of drug-likeness (QED) is 0.713. The Labute approximate surface area is 176 Å². The Kier molecular flexibility index (Phi) is 6.67. The normalized spacial score (nSPS) is 17.8. The molecule has 29 heavy (non-hydrogen) atoms. The zero-order valence-corrected chi connectivity index (χ0v) is 16.8. The van der Waals surface area contributed by atoms with Gasteiger partial charge >= 0.3 is 0 Å². The topological polar surface area (TPSA) is 78.5 Å². The molecule has 4 rings (SSSR count). The summed E-state index contributed by atoms with van der Waals surface area (Å²) >= 11 is 0. The second kappa shape index (κ2) is 9.20. The van der Waals surface area contributed by atoms with Gasteiger partial charge in [-0.1, -0.05) is 24.3 Å². The zero-order chi connectivity index (χ0) is 19.5. The van der Waals surface area contributed by atoms with E-state index in [-0.39, 0.29) is 36.7 Å². The molecule has 3 amide bonds. The summed E-state index contributed by atoms with van der Waals surface area (Å²) in [6.07, 6.45) is 2.12. The summed E-state index contributed by atoms with van der Waals surface area (Å²) in [5.41, 5.74) is 2.16. The lowest BCUT2D eigenvalue weighted by Gasteiger charge is -2.15. The molecule has 0 spiro atoms. The van der Waals surface area contributed by atoms with E-state index in [9.17, 15) is 14.4 Å². The van der Waals surface area contributed by atoms with Crippen LogP contribution in [0.15, 0.2) is 48.5 Å². The first kappa shape index (κ1) is 21.0. The third kappa shape index (κ3) is 4.49. The third-order valence-electron chi connectivity index (χ3n) is 5.41. The van der Waals surface area contributed by atoms with Gasteiger partial charge < -0.3 is 10.6 Å². The highest BCUT2D eigenvalue weighted by Crippen LogP contribution is 2.24. The molecule has 2 heterocycles. The molecule has 0 saturated carbocycles. The van der Waals surface area contributed by atoms with E-state index >= 15 is 0 Å². The van der Waals surface area contributed by atoms with Crippen molar-refractivity contribution in [3.8, 4) is 0 Å². The van der Waals surface area contributed by atoms with Crippen LogP contribution < -0.4 is 10.6 Å². The number of carbonyl (C=O) groups excluding carboxylic acids is 3. The first-order valence-corrected chi connectivity index (χ1v) is 9.66. The van der Waals surface area contributed by atoms with Crippen molar-refractivity contribution in [1.29, 1.82) is 0 Å². The number of carbonyl (C=O) groups is 3. The van der Waals surface area contributed by atoms with Gasteiger partial charge in [0, 0.05) is 12.1 Å². The number of hydrogen-bond acceptors (Lipinski definition) is 4. The molecule has 1 unspecified atom stereocenters. The van der Waals surface area contributed by atoms with Crippen molar-refractivity contribution >= 4 is 30.1 Å². The van der Waals surface area contributed by atoms with Crippen LogP contribution >= 0.6 is 12.4 Å². The van der Waals surface area contributed by atoms with Crippen LogP contribution in [0.4, 0.5) is 0 Å². The molecule has 0 aliphatic carbocycles. The molecule has 6 nitrogen and oxygen atoms in total. The van der Waals surface area contributed by atoms with Gasteiger partial charge in [-0.25, -0.2) is 0 Å². The molecule has 1 saturated heterocycles. The molecule has 1 fully saturated rings. The smallest absolute Gasteiger partial charge is 0.261 e. The molecular formula is C22H24ClN3O3. The number of benzene rings is 2. The molecule has 2 aliphatic rings. The highest BCUT2D eigenvalue weighted by atomic mass is 35.5. The van der Waals surface area contributed by atoms with E-state index in [0.717, 1.165) is 31.5 Å². The Morgan fingerprint density at radius 1 is 1.07 bits per heavy atom. The summed E-state index contributed by atoms with van der Waals surface area (Å²) in [6.45, 7) is 2.87. The maximum absolute atomic E-state index is 12.5. The molecule has 2 aromatic carbocycles. The summed E-state index contributed by atoms with van der Waals surface area (Å²) in [5.74, 6) is -0.0862. The van der Waals surface area contributed by atoms with Crippen LogP contribution in [-0.4, -0.2) is 42.3 Å². The minimum atomic E-state index is -0.291. The number of rotatable bonds is 6. The summed E-state index contributed by atoms with van der Waals surface area (Å²) in [4.78, 5) is 38.7. The van der Waals surface area contributed by atoms with Gasteiger partial charge in [0.1, 0.15) is 0 Å². The van der Waals surface area contributed by atoms with E-state index in [1.807, 2.05) is 6.07 Å². The summed E-state index contributed by atoms with van der Waals surface area (Å²) in [7, 11) is 0. The molecule has 0 radical (unpaired) electrons. The van der Waals surface area contributed by atoms with Gasteiger partial charge in [0.2, 0.25) is 0 Å². The van der Waals surface area contributed by atoms with Gasteiger partial charge in [0.15, 0.2) is 0 Å². The number of hydrogen-bond donors (Lipinski definition) is 2. The number of fused-ring (bicyclic) bond motifs is 1. The van der Waals surface area contributed by atoms with Crippen molar-refractivity contribution in [3.63, 3.8) is 0 Å². The lowest BCUT2D eigenvalue weighted by Crippen LogP contribution is -2.29. The molecule has 2 N–H and O–H groups in total. The van der Waals surface area contributed by atoms with Gasteiger partial charge in [-0.05, 0) is 61.7 Å². The fourth-order valence-corrected chi connectivity index (χ4v) is 3.83. The fraction of sp³-hybridized carbons (Fsp3) is 0.318. The number of nitrogens with one attached hydrogen (secondary N) is 2. The summed E-state index contributed by atoms with van der Waals surface area (Å²) < 4.78 is 0. The standard InChI is InChI=1S/C22H23N3O3.ClH/c26-20(24-11-9-15-8-10-23-13-15)17-5-3-4-16(12-17)14-25-21(27)18-6-1-2-7-19(18)22(25)28;/h1-7,12,15,23H,8-11,13-14H2,(H,24,26);1H. The molecule has 2 aliphatic heterocycles. The summed E-state index contributed by atoms with van der Waals surface area (Å²) in [6, 6.07) is 13.9. The molecule has 0 aromatic heterocycles. The minimum Gasteiger partial charge on any atom is -0.352 e. The predicted molar refractivity (Wildman–Crippen MR) is 112 cm³/mol. The predicted octanol–water partition coefficient (Wildman–Crippen LogP) is 2.63. The summed E-state index contributed by atoms with van der Waals surface area (Å²) in [5, 5.41) is 6.29. The Morgan fingerprint density at radius 2 is 1.79 bits per heavy atom. The SMILES string of the molecule is Cl.O=C(NCCC1CCNC1)c1cccc(CN2C(=O)c3ccccc3C2=O)c1. The van der Waals surface area contributed by atoms with Crippen LogP contribution in [0.25, 0.3) is 0 Å². The van der Waals surface area contributed by atoms with E-state index in [2.05, 4.69) is 10.6 Å². The van der Waals surface area contributed by atoms with Crippen LogP contribution in [0.2, 0.25) is 0 Å². The molecule has 0 bridgehead atoms. The largest absolute Gasteiger partial charge is 0.352 e. The number of nitrogens with zero attached hydrogens (tertiary/aromatic N) is 1. The van der Waals surface area contributed by atoms with Crippen molar-refractivity contribution in [3.05, 3.63) is 70.8 Å². The van der Waals surface area contributed by atoms with Gasteiger partial charge in [0.25, 0.3) is 17.7 Å². The maximum atomic E-state index is 12.5. The highest BCUT2D eigenvalue weighted by molar-refractivity contribution is 6.21. The third-order valence-corrected chi connectivity index (χ3v) is 5.41. The zero-order valence-electron chi connectivity index (χ0n) is 16.0. The lowest BCUT2D eigenvalue weighted by molar-refractivity contribution is 0.0642. The van der Waals surface area contributed by atoms with Crippen molar-refractivity contribution in [2.75, 3.05) is 19.6 Å². The Morgan fingerprint density at radius 3 is 2.45 bits per heavy atom. The van der Waals surface area contributed by atoms with Crippen LogP contribution in [0.3, 0.4) is 0 Å². The Bertz CT molecular complexity index is 890. The number of amides is 3. The van der Waals surface area contributed by atoms with E-state index < -0.39 is 0 Å². The first-order valence-electron chi connectivity index (χ1n) is 9.66. The van der Waals surface area contributed by atoms with Gasteiger partial charge in [-0.2, -0.15) is 0 Å². The second-order valence-electron chi connectivity index (χ2n) is 7.35. The average molecular weight is 414 g/mol. The van der Waals surface area contributed by atoms with Crippen molar-refractivity contribution in [2.24, 2.45) is 5.92 Å². The molecule has 7 heteroatoms. The van der Waals surface area contributed by atoms with Crippen LogP contribution in [0.5, 0.6) is 0 Å². The van der Waals surface area contributed by atoms with Crippen LogP contribution in [-0.2, 0) is 6.54 Å². The van der Waals surface area contributed by atoms with Gasteiger partial charge in [-0.3, -0.25) is 19.3 Å². The van der Waals surface area contributed by atoms with Gasteiger partial charge in [-0.15, -0.1) is 12.4 Å². The Hall–Kier alpha value is -2.70. The first-order chi connectivity index (χ1) is 13.6. The molecule has 1 atom stereocenters. The maximum Gasteiger partial charge on any atom is 0.261 e. The van der Waals surface area contributed by atoms with Crippen molar-refractivity contribution in [1.82, 2.24) is 15.5 Å². The molecule has 152 valence electrons. The number of imide groups is 1. The van der Waals surface area contributed by atoms with Crippen molar-refractivity contribution in [2.45, 2.75) is 19.4 Å². The van der Waals surface area contributed by atoms with E-state index in [0.29, 0.717) is 29.2 Å². The average Bonchev–Trinajstić information content (AvgIpc) is 3.32. The molecule has 2 aromatic rings. The Balaban J connectivity index is 0.00000240. The van der Waals surface area contributed by atoms with Crippen LogP contribution in [0, 0.1) is 5.92 Å². The lowest BCUT2D eigenvalue weighted by atomic mass is 10.1. The van der Waals surface area contributed by atoms with E-state index in [1.54, 1.807) is 42.5 Å². The second-order valence-corrected chi connectivity index (χ2v) is 7.35. The van der Waals surface area contributed by atoms with Crippen molar-refractivity contribution < 1.29 is 14.4 Å². The van der Waals surface area contributed by atoms with Gasteiger partial charge in [0.05, 0.1) is 17.7 Å². The highest BCUT2D eigenvalue weighted by Gasteiger charge is 2.34. The fourth-order valence-electron chi connectivity index (χ4n) is 3.83.